The minimum absolute atomic E-state index is 0.756. The molecule has 0 amide bonds. The summed E-state index contributed by atoms with van der Waals surface area (Å²) >= 11 is 1.46. The van der Waals surface area contributed by atoms with E-state index in [2.05, 4.69) is 35.6 Å². The van der Waals surface area contributed by atoms with E-state index in [-0.39, 0.29) is 0 Å². The Hall–Kier alpha value is -3.72. The van der Waals surface area contributed by atoms with E-state index in [9.17, 15) is 0 Å². The van der Waals surface area contributed by atoms with Crippen molar-refractivity contribution < 1.29 is 0 Å². The molecule has 4 aromatic heterocycles. The minimum atomic E-state index is 0.756. The number of nitrogens with one attached hydrogen (secondary N) is 1. The molecule has 0 saturated heterocycles. The number of aromatic nitrogens is 7. The van der Waals surface area contributed by atoms with E-state index in [4.69, 9.17) is 0 Å². The maximum atomic E-state index is 4.58. The Labute approximate surface area is 157 Å². The fourth-order valence-corrected chi connectivity index (χ4v) is 3.22. The van der Waals surface area contributed by atoms with Gasteiger partial charge in [0.25, 0.3) is 0 Å². The number of rotatable bonds is 4. The van der Waals surface area contributed by atoms with Crippen LogP contribution in [0, 0.1) is 0 Å². The van der Waals surface area contributed by atoms with Gasteiger partial charge in [0.15, 0.2) is 5.65 Å². The highest BCUT2D eigenvalue weighted by atomic mass is 32.1. The molecule has 0 fully saturated rings. The average molecular weight is 372 g/mol. The fourth-order valence-electron chi connectivity index (χ4n) is 2.75. The van der Waals surface area contributed by atoms with Crippen LogP contribution in [0.25, 0.3) is 28.0 Å². The van der Waals surface area contributed by atoms with E-state index in [1.807, 2.05) is 42.7 Å². The van der Waals surface area contributed by atoms with Crippen molar-refractivity contribution in [3.63, 3.8) is 0 Å². The Balaban J connectivity index is 1.45. The van der Waals surface area contributed by atoms with Crippen LogP contribution in [0.2, 0.25) is 0 Å². The zero-order chi connectivity index (χ0) is 18.1. The van der Waals surface area contributed by atoms with Gasteiger partial charge in [0, 0.05) is 29.8 Å². The first-order chi connectivity index (χ1) is 13.4. The van der Waals surface area contributed by atoms with Crippen LogP contribution in [0.5, 0.6) is 0 Å². The molecule has 0 aliphatic rings. The molecule has 1 aromatic carbocycles. The zero-order valence-electron chi connectivity index (χ0n) is 13.9. The van der Waals surface area contributed by atoms with Crippen molar-refractivity contribution >= 4 is 27.8 Å². The summed E-state index contributed by atoms with van der Waals surface area (Å²) in [5.41, 5.74) is 7.10. The molecule has 0 bridgehead atoms. The zero-order valence-corrected chi connectivity index (χ0v) is 14.7. The molecule has 130 valence electrons. The number of hydrogen-bond acceptors (Lipinski definition) is 8. The lowest BCUT2D eigenvalue weighted by Crippen LogP contribution is -1.93. The van der Waals surface area contributed by atoms with Crippen LogP contribution in [0.1, 0.15) is 0 Å². The summed E-state index contributed by atoms with van der Waals surface area (Å²) in [7, 11) is 0. The number of anilines is 2. The highest BCUT2D eigenvalue weighted by Gasteiger charge is 2.10. The van der Waals surface area contributed by atoms with E-state index < -0.39 is 0 Å². The van der Waals surface area contributed by atoms with E-state index in [0.29, 0.717) is 0 Å². The molecule has 5 aromatic rings. The lowest BCUT2D eigenvalue weighted by molar-refractivity contribution is 0.941. The first-order valence-corrected chi connectivity index (χ1v) is 8.98. The van der Waals surface area contributed by atoms with Gasteiger partial charge in [-0.3, -0.25) is 0 Å². The highest BCUT2D eigenvalue weighted by molar-refractivity contribution is 7.13. The van der Waals surface area contributed by atoms with Gasteiger partial charge in [0.1, 0.15) is 11.8 Å². The molecule has 27 heavy (non-hydrogen) atoms. The lowest BCUT2D eigenvalue weighted by atomic mass is 10.1. The Kier molecular flexibility index (Phi) is 3.76. The van der Waals surface area contributed by atoms with Crippen molar-refractivity contribution in [1.29, 1.82) is 0 Å². The summed E-state index contributed by atoms with van der Waals surface area (Å²) in [6, 6.07) is 9.89. The second-order valence-corrected chi connectivity index (χ2v) is 6.54. The first-order valence-electron chi connectivity index (χ1n) is 8.10. The highest BCUT2D eigenvalue weighted by Crippen LogP contribution is 2.25. The summed E-state index contributed by atoms with van der Waals surface area (Å²) in [4.78, 5) is 12.8. The summed E-state index contributed by atoms with van der Waals surface area (Å²) < 4.78 is 1.76. The van der Waals surface area contributed by atoms with Crippen LogP contribution in [0.3, 0.4) is 0 Å². The first kappa shape index (κ1) is 15.5. The minimum Gasteiger partial charge on any atom is -0.330 e. The fraction of sp³-hybridized carbons (Fsp3) is 0. The van der Waals surface area contributed by atoms with E-state index >= 15 is 0 Å². The Morgan fingerprint density at radius 2 is 1.89 bits per heavy atom. The van der Waals surface area contributed by atoms with Gasteiger partial charge in [-0.25, -0.2) is 19.5 Å². The average Bonchev–Trinajstić information content (AvgIpc) is 3.38. The second kappa shape index (κ2) is 6.54. The molecule has 0 aliphatic heterocycles. The van der Waals surface area contributed by atoms with Crippen molar-refractivity contribution in [3.8, 4) is 22.4 Å². The Morgan fingerprint density at radius 3 is 2.67 bits per heavy atom. The molecule has 0 radical (unpaired) electrons. The third-order valence-corrected chi connectivity index (χ3v) is 4.65. The van der Waals surface area contributed by atoms with Crippen molar-refractivity contribution in [1.82, 2.24) is 34.8 Å². The van der Waals surface area contributed by atoms with Gasteiger partial charge in [0.05, 0.1) is 17.5 Å². The Morgan fingerprint density at radius 1 is 0.963 bits per heavy atom. The van der Waals surface area contributed by atoms with Crippen LogP contribution in [-0.2, 0) is 0 Å². The molecule has 1 N–H and O–H groups in total. The summed E-state index contributed by atoms with van der Waals surface area (Å²) in [5, 5.41) is 16.2. The summed E-state index contributed by atoms with van der Waals surface area (Å²) in [5.74, 6) is 0. The SMILES string of the molecule is c1cc(-c2cnn3cc(-c4ccc(Nc5nncs5)cc4)cnc23)ncn1. The molecule has 8 nitrogen and oxygen atoms in total. The van der Waals surface area contributed by atoms with Gasteiger partial charge < -0.3 is 5.32 Å². The maximum Gasteiger partial charge on any atom is 0.209 e. The molecule has 0 aliphatic carbocycles. The van der Waals surface area contributed by atoms with Crippen molar-refractivity contribution in [3.05, 3.63) is 67.0 Å². The molecule has 0 unspecified atom stereocenters. The summed E-state index contributed by atoms with van der Waals surface area (Å²) in [6.07, 6.45) is 8.79. The van der Waals surface area contributed by atoms with E-state index in [1.165, 1.54) is 17.7 Å². The third-order valence-electron chi connectivity index (χ3n) is 4.04. The van der Waals surface area contributed by atoms with Crippen LogP contribution in [-0.4, -0.2) is 34.8 Å². The van der Waals surface area contributed by atoms with Crippen molar-refractivity contribution in [2.24, 2.45) is 0 Å². The van der Waals surface area contributed by atoms with Gasteiger partial charge in [-0.2, -0.15) is 5.10 Å². The number of nitrogens with zero attached hydrogens (tertiary/aromatic N) is 7. The van der Waals surface area contributed by atoms with Gasteiger partial charge in [-0.05, 0) is 23.8 Å². The molecule has 9 heteroatoms. The monoisotopic (exact) mass is 372 g/mol. The molecule has 0 spiro atoms. The number of hydrogen-bond donors (Lipinski definition) is 1. The summed E-state index contributed by atoms with van der Waals surface area (Å²) in [6.45, 7) is 0. The van der Waals surface area contributed by atoms with E-state index in [1.54, 1.807) is 22.4 Å². The second-order valence-electron chi connectivity index (χ2n) is 5.71. The van der Waals surface area contributed by atoms with Gasteiger partial charge in [-0.15, -0.1) is 10.2 Å². The topological polar surface area (TPSA) is 93.8 Å². The quantitative estimate of drug-likeness (QED) is 0.516. The van der Waals surface area contributed by atoms with Crippen LogP contribution < -0.4 is 5.32 Å². The predicted octanol–water partition coefficient (Wildman–Crippen LogP) is 3.45. The molecular weight excluding hydrogens is 360 g/mol. The molecule has 0 saturated carbocycles. The number of benzene rings is 1. The Bertz CT molecular complexity index is 1180. The van der Waals surface area contributed by atoms with Crippen LogP contribution in [0.15, 0.2) is 67.0 Å². The van der Waals surface area contributed by atoms with Crippen molar-refractivity contribution in [2.45, 2.75) is 0 Å². The molecule has 5 rings (SSSR count). The predicted molar refractivity (Wildman–Crippen MR) is 103 cm³/mol. The molecule has 0 atom stereocenters. The van der Waals surface area contributed by atoms with E-state index in [0.717, 1.165) is 38.9 Å². The van der Waals surface area contributed by atoms with Crippen molar-refractivity contribution in [2.75, 3.05) is 5.32 Å². The van der Waals surface area contributed by atoms with Crippen LogP contribution in [0.4, 0.5) is 10.8 Å². The maximum absolute atomic E-state index is 4.58. The van der Waals surface area contributed by atoms with Gasteiger partial charge in [0.2, 0.25) is 5.13 Å². The third kappa shape index (κ3) is 3.00. The number of fused-ring (bicyclic) bond motifs is 1. The smallest absolute Gasteiger partial charge is 0.209 e. The largest absolute Gasteiger partial charge is 0.330 e. The van der Waals surface area contributed by atoms with Gasteiger partial charge >= 0.3 is 0 Å². The van der Waals surface area contributed by atoms with Crippen LogP contribution >= 0.6 is 11.3 Å². The molecular formula is C18H12N8S. The standard InChI is InChI=1S/C18H12N8S/c1-3-14(24-18-25-22-11-27-18)4-2-12(1)13-7-20-17-15(8-23-26(17)9-13)16-5-6-19-10-21-16/h1-11H,(H,24,25). The lowest BCUT2D eigenvalue weighted by Gasteiger charge is -2.05. The van der Waals surface area contributed by atoms with Gasteiger partial charge in [-0.1, -0.05) is 23.5 Å². The molecule has 4 heterocycles. The normalized spacial score (nSPS) is 11.0.